The molecule has 0 aliphatic carbocycles. The van der Waals surface area contributed by atoms with Crippen molar-refractivity contribution in [1.29, 1.82) is 0 Å². The summed E-state index contributed by atoms with van der Waals surface area (Å²) in [5.41, 5.74) is 4.97. The van der Waals surface area contributed by atoms with Gasteiger partial charge in [-0.3, -0.25) is 0 Å². The van der Waals surface area contributed by atoms with Gasteiger partial charge in [-0.25, -0.2) is 9.67 Å². The van der Waals surface area contributed by atoms with Crippen molar-refractivity contribution in [3.63, 3.8) is 0 Å². The fourth-order valence-corrected chi connectivity index (χ4v) is 5.18. The van der Waals surface area contributed by atoms with E-state index < -0.39 is 5.54 Å². The van der Waals surface area contributed by atoms with Gasteiger partial charge in [0.05, 0.1) is 0 Å². The van der Waals surface area contributed by atoms with E-state index in [1.165, 1.54) is 9.13 Å². The van der Waals surface area contributed by atoms with Crippen molar-refractivity contribution in [1.82, 2.24) is 14.8 Å². The molecule has 0 aliphatic heterocycles. The maximum atomic E-state index is 5.07. The predicted molar refractivity (Wildman–Crippen MR) is 138 cm³/mol. The summed E-state index contributed by atoms with van der Waals surface area (Å²) < 4.78 is 3.19. The minimum absolute atomic E-state index is 0.647. The lowest BCUT2D eigenvalue weighted by atomic mass is 9.77. The van der Waals surface area contributed by atoms with Crippen LogP contribution in [0.25, 0.3) is 11.4 Å². The zero-order chi connectivity index (χ0) is 22.0. The second-order valence-corrected chi connectivity index (χ2v) is 9.08. The highest BCUT2D eigenvalue weighted by Gasteiger charge is 2.39. The molecule has 0 spiro atoms. The molecule has 0 N–H and O–H groups in total. The second-order valence-electron chi connectivity index (χ2n) is 7.84. The first-order valence-corrected chi connectivity index (χ1v) is 11.6. The average molecular weight is 527 g/mol. The summed E-state index contributed by atoms with van der Waals surface area (Å²) in [5.74, 6) is 0.721. The van der Waals surface area contributed by atoms with E-state index in [0.29, 0.717) is 0 Å². The molecule has 4 aromatic carbocycles. The maximum Gasteiger partial charge on any atom is 0.181 e. The molecule has 0 amide bonds. The topological polar surface area (TPSA) is 30.7 Å². The van der Waals surface area contributed by atoms with Crippen molar-refractivity contribution in [2.24, 2.45) is 0 Å². The normalized spacial score (nSPS) is 11.4. The minimum Gasteiger partial charge on any atom is -0.233 e. The molecule has 4 heteroatoms. The largest absolute Gasteiger partial charge is 0.233 e. The zero-order valence-electron chi connectivity index (χ0n) is 17.7. The van der Waals surface area contributed by atoms with Gasteiger partial charge in [0.1, 0.15) is 11.9 Å². The van der Waals surface area contributed by atoms with Crippen LogP contribution in [0, 0.1) is 10.5 Å². The van der Waals surface area contributed by atoms with E-state index in [9.17, 15) is 0 Å². The summed E-state index contributed by atoms with van der Waals surface area (Å²) in [7, 11) is 0. The van der Waals surface area contributed by atoms with Gasteiger partial charge in [0.2, 0.25) is 0 Å². The van der Waals surface area contributed by atoms with Crippen LogP contribution < -0.4 is 0 Å². The van der Waals surface area contributed by atoms with Crippen molar-refractivity contribution in [2.75, 3.05) is 0 Å². The minimum atomic E-state index is -0.647. The van der Waals surface area contributed by atoms with E-state index in [2.05, 4.69) is 121 Å². The Morgan fingerprint density at radius 2 is 1.19 bits per heavy atom. The molecule has 1 aromatic heterocycles. The Kier molecular flexibility index (Phi) is 5.62. The van der Waals surface area contributed by atoms with E-state index in [0.717, 1.165) is 28.1 Å². The summed E-state index contributed by atoms with van der Waals surface area (Å²) in [4.78, 5) is 4.76. The lowest BCUT2D eigenvalue weighted by Gasteiger charge is -2.35. The van der Waals surface area contributed by atoms with Crippen molar-refractivity contribution in [2.45, 2.75) is 12.5 Å². The molecular weight excluding hydrogens is 505 g/mol. The first kappa shape index (κ1) is 20.6. The molecule has 0 radical (unpaired) electrons. The van der Waals surface area contributed by atoms with Crippen LogP contribution in [0.4, 0.5) is 0 Å². The Balaban J connectivity index is 1.81. The lowest BCUT2D eigenvalue weighted by Crippen LogP contribution is -2.38. The first-order chi connectivity index (χ1) is 15.7. The van der Waals surface area contributed by atoms with E-state index >= 15 is 0 Å². The van der Waals surface area contributed by atoms with E-state index in [1.54, 1.807) is 0 Å². The molecule has 0 fully saturated rings. The van der Waals surface area contributed by atoms with Gasteiger partial charge in [-0.1, -0.05) is 91.0 Å². The summed E-state index contributed by atoms with van der Waals surface area (Å²) in [6, 6.07) is 38.0. The van der Waals surface area contributed by atoms with Crippen LogP contribution in [0.2, 0.25) is 0 Å². The Morgan fingerprint density at radius 3 is 1.66 bits per heavy atom. The number of hydrogen-bond acceptors (Lipinski definition) is 2. The Hall–Kier alpha value is -3.25. The van der Waals surface area contributed by atoms with Crippen LogP contribution in [0.5, 0.6) is 0 Å². The molecule has 0 bridgehead atoms. The molecule has 0 atom stereocenters. The molecule has 156 valence electrons. The summed E-state index contributed by atoms with van der Waals surface area (Å²) in [6.07, 6.45) is 1.86. The Bertz CT molecular complexity index is 1210. The number of hydrogen-bond donors (Lipinski definition) is 0. The molecule has 32 heavy (non-hydrogen) atoms. The zero-order valence-corrected chi connectivity index (χ0v) is 19.8. The van der Waals surface area contributed by atoms with Crippen molar-refractivity contribution in [3.8, 4) is 11.4 Å². The van der Waals surface area contributed by atoms with Crippen LogP contribution in [0.15, 0.2) is 116 Å². The summed E-state index contributed by atoms with van der Waals surface area (Å²) >= 11 is 2.35. The molecule has 0 aliphatic rings. The average Bonchev–Trinajstić information content (AvgIpc) is 3.32. The van der Waals surface area contributed by atoms with Crippen LogP contribution in [0.1, 0.15) is 22.3 Å². The van der Waals surface area contributed by atoms with Gasteiger partial charge in [-0.15, -0.1) is 5.10 Å². The molecule has 1 heterocycles. The number of halogens is 1. The highest BCUT2D eigenvalue weighted by atomic mass is 127. The quantitative estimate of drug-likeness (QED) is 0.188. The van der Waals surface area contributed by atoms with E-state index in [-0.39, 0.29) is 0 Å². The van der Waals surface area contributed by atoms with Gasteiger partial charge >= 0.3 is 0 Å². The van der Waals surface area contributed by atoms with Gasteiger partial charge in [-0.05, 0) is 70.0 Å². The highest BCUT2D eigenvalue weighted by Crippen LogP contribution is 2.40. The SMILES string of the molecule is Cc1cc(I)cc(-c2ncn(C(c3ccccc3)(c3ccccc3)c3ccccc3)n2)c1. The third kappa shape index (κ3) is 3.65. The van der Waals surface area contributed by atoms with Gasteiger partial charge in [0.15, 0.2) is 5.82 Å². The van der Waals surface area contributed by atoms with Crippen LogP contribution >= 0.6 is 22.6 Å². The van der Waals surface area contributed by atoms with Crippen LogP contribution in [0.3, 0.4) is 0 Å². The van der Waals surface area contributed by atoms with Gasteiger partial charge in [0, 0.05) is 9.13 Å². The number of aryl methyl sites for hydroxylation is 1. The summed E-state index contributed by atoms with van der Waals surface area (Å²) in [5, 5.41) is 5.07. The van der Waals surface area contributed by atoms with Crippen molar-refractivity contribution >= 4 is 22.6 Å². The molecule has 0 unspecified atom stereocenters. The van der Waals surface area contributed by atoms with Gasteiger partial charge < -0.3 is 0 Å². The van der Waals surface area contributed by atoms with Crippen LogP contribution in [-0.4, -0.2) is 14.8 Å². The van der Waals surface area contributed by atoms with E-state index in [4.69, 9.17) is 10.1 Å². The van der Waals surface area contributed by atoms with Crippen LogP contribution in [-0.2, 0) is 5.54 Å². The predicted octanol–water partition coefficient (Wildman–Crippen LogP) is 6.70. The van der Waals surface area contributed by atoms with Crippen molar-refractivity contribution in [3.05, 3.63) is 141 Å². The first-order valence-electron chi connectivity index (χ1n) is 10.5. The Labute approximate surface area is 201 Å². The summed E-state index contributed by atoms with van der Waals surface area (Å²) in [6.45, 7) is 2.10. The lowest BCUT2D eigenvalue weighted by molar-refractivity contribution is 0.459. The highest BCUT2D eigenvalue weighted by molar-refractivity contribution is 14.1. The molecule has 0 saturated heterocycles. The monoisotopic (exact) mass is 527 g/mol. The number of benzene rings is 4. The fraction of sp³-hybridized carbons (Fsp3) is 0.0714. The molecule has 5 aromatic rings. The number of nitrogens with zero attached hydrogens (tertiary/aromatic N) is 3. The number of rotatable bonds is 5. The molecule has 3 nitrogen and oxygen atoms in total. The van der Waals surface area contributed by atoms with Crippen molar-refractivity contribution < 1.29 is 0 Å². The maximum absolute atomic E-state index is 5.07. The fourth-order valence-electron chi connectivity index (χ4n) is 4.36. The smallest absolute Gasteiger partial charge is 0.181 e. The Morgan fingerprint density at radius 1 is 0.688 bits per heavy atom. The molecule has 0 saturated carbocycles. The standard InChI is InChI=1S/C28H22IN3/c1-21-17-22(19-26(29)18-21)27-30-20-32(31-27)28(23-11-5-2-6-12-23,24-13-7-3-8-14-24)25-15-9-4-10-16-25/h2-20H,1H3. The second kappa shape index (κ2) is 8.71. The molecular formula is C28H22IN3. The van der Waals surface area contributed by atoms with E-state index in [1.807, 2.05) is 29.2 Å². The van der Waals surface area contributed by atoms with Gasteiger partial charge in [0.25, 0.3) is 0 Å². The molecule has 5 rings (SSSR count). The number of aromatic nitrogens is 3. The van der Waals surface area contributed by atoms with Gasteiger partial charge in [-0.2, -0.15) is 0 Å². The third-order valence-electron chi connectivity index (χ3n) is 5.71. The third-order valence-corrected chi connectivity index (χ3v) is 6.33.